The quantitative estimate of drug-likeness (QED) is 0.200. The number of nitrogens with one attached hydrogen (secondary N) is 1. The number of methoxy groups -OCH3 is 2. The number of aromatic nitrogens is 3. The predicted octanol–water partition coefficient (Wildman–Crippen LogP) is 5.48. The van der Waals surface area contributed by atoms with Crippen molar-refractivity contribution in [3.63, 3.8) is 0 Å². The van der Waals surface area contributed by atoms with E-state index in [1.165, 1.54) is 25.4 Å². The first kappa shape index (κ1) is 28.7. The second-order valence-corrected chi connectivity index (χ2v) is 9.32. The molecule has 9 nitrogen and oxygen atoms in total. The topological polar surface area (TPSA) is 109 Å². The van der Waals surface area contributed by atoms with Crippen molar-refractivity contribution in [3.05, 3.63) is 59.7 Å². The Kier molecular flexibility index (Phi) is 8.24. The Labute approximate surface area is 226 Å². The number of benzene rings is 2. The molecule has 0 fully saturated rings. The summed E-state index contributed by atoms with van der Waals surface area (Å²) in [5.74, 6) is -1.10. The summed E-state index contributed by atoms with van der Waals surface area (Å²) >= 11 is 0. The Morgan fingerprint density at radius 3 is 2.45 bits per heavy atom. The highest BCUT2D eigenvalue weighted by molar-refractivity contribution is 5.91. The second kappa shape index (κ2) is 11.5. The number of alkyl halides is 3. The molecular formula is C27H26F4N4O5. The Balaban J connectivity index is 1.48. The molecule has 0 atom stereocenters. The van der Waals surface area contributed by atoms with Gasteiger partial charge in [0, 0.05) is 30.9 Å². The highest BCUT2D eigenvalue weighted by Crippen LogP contribution is 2.41. The van der Waals surface area contributed by atoms with E-state index >= 15 is 0 Å². The van der Waals surface area contributed by atoms with E-state index in [0.717, 1.165) is 19.9 Å². The average molecular weight is 563 g/mol. The number of hydrogen-bond donors (Lipinski definition) is 1. The van der Waals surface area contributed by atoms with Crippen molar-refractivity contribution in [3.8, 4) is 22.8 Å². The number of halogens is 4. The van der Waals surface area contributed by atoms with Gasteiger partial charge in [-0.15, -0.1) is 0 Å². The number of carbonyl (C=O) groups excluding carboxylic acids is 1. The third kappa shape index (κ3) is 6.14. The lowest BCUT2D eigenvalue weighted by atomic mass is 9.89. The zero-order valence-corrected chi connectivity index (χ0v) is 22.1. The fourth-order valence-corrected chi connectivity index (χ4v) is 3.65. The van der Waals surface area contributed by atoms with Crippen molar-refractivity contribution in [2.24, 2.45) is 0 Å². The molecule has 0 saturated heterocycles. The molecule has 0 unspecified atom stereocenters. The summed E-state index contributed by atoms with van der Waals surface area (Å²) in [6.07, 6.45) is -3.48. The van der Waals surface area contributed by atoms with E-state index in [0.29, 0.717) is 47.0 Å². The van der Waals surface area contributed by atoms with Crippen molar-refractivity contribution < 1.29 is 41.1 Å². The van der Waals surface area contributed by atoms with E-state index in [1.54, 1.807) is 25.3 Å². The Morgan fingerprint density at radius 1 is 1.02 bits per heavy atom. The number of hydrogen-bond acceptors (Lipinski definition) is 8. The largest absolute Gasteiger partial charge is 0.493 e. The van der Waals surface area contributed by atoms with Crippen LogP contribution in [0.3, 0.4) is 0 Å². The van der Waals surface area contributed by atoms with Crippen molar-refractivity contribution in [1.82, 2.24) is 15.1 Å². The lowest BCUT2D eigenvalue weighted by Crippen LogP contribution is -2.35. The van der Waals surface area contributed by atoms with E-state index in [1.807, 2.05) is 0 Å². The highest BCUT2D eigenvalue weighted by atomic mass is 19.4. The molecule has 1 amide bonds. The molecule has 0 bridgehead atoms. The van der Waals surface area contributed by atoms with Gasteiger partial charge in [0.2, 0.25) is 5.91 Å². The Bertz CT molecular complexity index is 1520. The SMILES string of the molecule is COCCOc1cc2ncc(-c3ccc(CC(=O)Nc4cc(C(C)(C)C(F)(F)F)on4)c(F)c3)nc2cc1OC. The molecule has 0 aliphatic rings. The second-order valence-electron chi connectivity index (χ2n) is 9.32. The molecule has 0 aliphatic heterocycles. The van der Waals surface area contributed by atoms with Gasteiger partial charge in [0.05, 0.1) is 43.1 Å². The monoisotopic (exact) mass is 562 g/mol. The minimum Gasteiger partial charge on any atom is -0.493 e. The number of fused-ring (bicyclic) bond motifs is 1. The molecule has 4 aromatic rings. The average Bonchev–Trinajstić information content (AvgIpc) is 3.37. The zero-order valence-electron chi connectivity index (χ0n) is 22.1. The van der Waals surface area contributed by atoms with Gasteiger partial charge >= 0.3 is 6.18 Å². The number of amides is 1. The van der Waals surface area contributed by atoms with Gasteiger partial charge < -0.3 is 24.1 Å². The first-order valence-corrected chi connectivity index (χ1v) is 12.0. The Hall–Kier alpha value is -4.26. The van der Waals surface area contributed by atoms with Crippen LogP contribution < -0.4 is 14.8 Å². The fraction of sp³-hybridized carbons (Fsp3) is 0.333. The summed E-state index contributed by atoms with van der Waals surface area (Å²) in [5, 5.41) is 5.81. The summed E-state index contributed by atoms with van der Waals surface area (Å²) < 4.78 is 75.4. The van der Waals surface area contributed by atoms with Crippen LogP contribution in [-0.2, 0) is 21.4 Å². The van der Waals surface area contributed by atoms with Crippen molar-refractivity contribution in [1.29, 1.82) is 0 Å². The maximum absolute atomic E-state index is 14.9. The molecule has 2 aromatic carbocycles. The van der Waals surface area contributed by atoms with E-state index < -0.39 is 29.1 Å². The van der Waals surface area contributed by atoms with Gasteiger partial charge in [-0.25, -0.2) is 9.37 Å². The van der Waals surface area contributed by atoms with Crippen molar-refractivity contribution in [2.75, 3.05) is 32.8 Å². The van der Waals surface area contributed by atoms with Crippen LogP contribution in [0.5, 0.6) is 11.5 Å². The standard InChI is InChI=1S/C27H26F4N4O5/c1-26(2,27(29,30)31)23-13-24(35-40-23)34-25(36)10-15-5-6-16(9-17(15)28)20-14-32-18-11-22(39-8-7-37-3)21(38-4)12-19(18)33-20/h5-6,9,11-14H,7-8,10H2,1-4H3,(H,34,35,36). The number of carbonyl (C=O) groups is 1. The Morgan fingerprint density at radius 2 is 1.77 bits per heavy atom. The molecule has 212 valence electrons. The van der Waals surface area contributed by atoms with Crippen LogP contribution in [0.1, 0.15) is 25.2 Å². The van der Waals surface area contributed by atoms with Gasteiger partial charge in [0.1, 0.15) is 17.8 Å². The first-order valence-electron chi connectivity index (χ1n) is 12.0. The smallest absolute Gasteiger partial charge is 0.401 e. The third-order valence-electron chi connectivity index (χ3n) is 6.17. The summed E-state index contributed by atoms with van der Waals surface area (Å²) in [4.78, 5) is 21.4. The molecule has 0 aliphatic carbocycles. The van der Waals surface area contributed by atoms with Gasteiger partial charge in [0.15, 0.2) is 23.1 Å². The molecule has 4 rings (SSSR count). The molecular weight excluding hydrogens is 536 g/mol. The number of ether oxygens (including phenoxy) is 3. The summed E-state index contributed by atoms with van der Waals surface area (Å²) in [6, 6.07) is 8.56. The molecule has 13 heteroatoms. The van der Waals surface area contributed by atoms with E-state index in [9.17, 15) is 22.4 Å². The lowest BCUT2D eigenvalue weighted by Gasteiger charge is -2.24. The number of rotatable bonds is 10. The van der Waals surface area contributed by atoms with Crippen LogP contribution in [-0.4, -0.2) is 54.6 Å². The fourth-order valence-electron chi connectivity index (χ4n) is 3.65. The van der Waals surface area contributed by atoms with Crippen molar-refractivity contribution >= 4 is 22.8 Å². The summed E-state index contributed by atoms with van der Waals surface area (Å²) in [7, 11) is 3.06. The van der Waals surface area contributed by atoms with Gasteiger partial charge in [0.25, 0.3) is 0 Å². The molecule has 1 N–H and O–H groups in total. The van der Waals surface area contributed by atoms with Crippen molar-refractivity contribution in [2.45, 2.75) is 31.9 Å². The van der Waals surface area contributed by atoms with Crippen LogP contribution >= 0.6 is 0 Å². The van der Waals surface area contributed by atoms with E-state index in [4.69, 9.17) is 18.7 Å². The van der Waals surface area contributed by atoms with Crippen LogP contribution in [0, 0.1) is 5.82 Å². The van der Waals surface area contributed by atoms with Crippen LogP contribution in [0.4, 0.5) is 23.4 Å². The maximum Gasteiger partial charge on any atom is 0.401 e. The molecule has 2 aromatic heterocycles. The van der Waals surface area contributed by atoms with Gasteiger partial charge in [-0.1, -0.05) is 17.3 Å². The van der Waals surface area contributed by atoms with Crippen LogP contribution in [0.15, 0.2) is 47.1 Å². The maximum atomic E-state index is 14.9. The molecule has 0 saturated carbocycles. The van der Waals surface area contributed by atoms with Gasteiger partial charge in [-0.3, -0.25) is 9.78 Å². The van der Waals surface area contributed by atoms with Crippen LogP contribution in [0.2, 0.25) is 0 Å². The molecule has 0 radical (unpaired) electrons. The molecule has 2 heterocycles. The minimum atomic E-state index is -4.58. The van der Waals surface area contributed by atoms with Gasteiger partial charge in [-0.05, 0) is 25.5 Å². The summed E-state index contributed by atoms with van der Waals surface area (Å²) in [5.41, 5.74) is -0.389. The number of nitrogens with zero attached hydrogens (tertiary/aromatic N) is 3. The van der Waals surface area contributed by atoms with Crippen LogP contribution in [0.25, 0.3) is 22.3 Å². The van der Waals surface area contributed by atoms with Gasteiger partial charge in [-0.2, -0.15) is 13.2 Å². The predicted molar refractivity (Wildman–Crippen MR) is 137 cm³/mol. The van der Waals surface area contributed by atoms with E-state index in [-0.39, 0.29) is 17.8 Å². The first-order chi connectivity index (χ1) is 18.9. The van der Waals surface area contributed by atoms with E-state index in [2.05, 4.69) is 20.4 Å². The highest BCUT2D eigenvalue weighted by Gasteiger charge is 2.51. The normalized spacial score (nSPS) is 12.0. The minimum absolute atomic E-state index is 0.0638. The summed E-state index contributed by atoms with van der Waals surface area (Å²) in [6.45, 7) is 2.59. The third-order valence-corrected chi connectivity index (χ3v) is 6.17. The number of anilines is 1. The molecule has 40 heavy (non-hydrogen) atoms. The lowest BCUT2D eigenvalue weighted by molar-refractivity contribution is -0.185. The molecule has 0 spiro atoms. The zero-order chi connectivity index (χ0) is 29.1.